The molecule has 4 rings (SSSR count). The van der Waals surface area contributed by atoms with E-state index in [0.29, 0.717) is 0 Å². The zero-order valence-electron chi connectivity index (χ0n) is 16.8. The molecular weight excluding hydrogens is 348 g/mol. The fourth-order valence-corrected chi connectivity index (χ4v) is 4.00. The maximum Gasteiger partial charge on any atom is 0.258 e. The molecule has 0 saturated carbocycles. The van der Waals surface area contributed by atoms with E-state index in [0.717, 1.165) is 40.3 Å². The average molecular weight is 374 g/mol. The fraction of sp³-hybridized carbons (Fsp3) is 0.304. The van der Waals surface area contributed by atoms with E-state index >= 15 is 0 Å². The zero-order valence-corrected chi connectivity index (χ0v) is 16.8. The second kappa shape index (κ2) is 7.15. The van der Waals surface area contributed by atoms with Crippen LogP contribution in [0.15, 0.2) is 54.6 Å². The number of anilines is 1. The monoisotopic (exact) mass is 374 g/mol. The molecule has 28 heavy (non-hydrogen) atoms. The summed E-state index contributed by atoms with van der Waals surface area (Å²) in [6.07, 6.45) is 0.645. The number of aryl methyl sites for hydroxylation is 1. The van der Waals surface area contributed by atoms with Gasteiger partial charge in [-0.25, -0.2) is 4.68 Å². The van der Waals surface area contributed by atoms with E-state index in [4.69, 9.17) is 5.10 Å². The molecule has 1 aliphatic heterocycles. The van der Waals surface area contributed by atoms with Crippen molar-refractivity contribution in [3.63, 3.8) is 0 Å². The van der Waals surface area contributed by atoms with Crippen LogP contribution in [0.2, 0.25) is 0 Å². The van der Waals surface area contributed by atoms with Crippen molar-refractivity contribution in [1.82, 2.24) is 14.7 Å². The number of benzene rings is 2. The smallest absolute Gasteiger partial charge is 0.258 e. The summed E-state index contributed by atoms with van der Waals surface area (Å²) in [4.78, 5) is 15.3. The molecule has 144 valence electrons. The Labute approximate surface area is 166 Å². The Morgan fingerprint density at radius 2 is 1.75 bits per heavy atom. The van der Waals surface area contributed by atoms with Gasteiger partial charge in [0.2, 0.25) is 0 Å². The zero-order chi connectivity index (χ0) is 19.8. The molecule has 3 aromatic rings. The second-order valence-corrected chi connectivity index (χ2v) is 7.39. The van der Waals surface area contributed by atoms with E-state index < -0.39 is 0 Å². The van der Waals surface area contributed by atoms with E-state index in [2.05, 4.69) is 26.1 Å². The van der Waals surface area contributed by atoms with Crippen molar-refractivity contribution in [3.05, 3.63) is 77.1 Å². The molecule has 0 fully saturated rings. The first kappa shape index (κ1) is 18.3. The highest BCUT2D eigenvalue weighted by molar-refractivity contribution is 6.02. The summed E-state index contributed by atoms with van der Waals surface area (Å²) in [6, 6.07) is 18.0. The summed E-state index contributed by atoms with van der Waals surface area (Å²) in [7, 11) is 0. The maximum atomic E-state index is 13.4. The summed E-state index contributed by atoms with van der Waals surface area (Å²) in [5.74, 6) is 0.0694. The van der Waals surface area contributed by atoms with Gasteiger partial charge in [-0.2, -0.15) is 5.10 Å². The van der Waals surface area contributed by atoms with Crippen molar-refractivity contribution in [3.8, 4) is 5.69 Å². The van der Waals surface area contributed by atoms with E-state index in [1.165, 1.54) is 0 Å². The number of rotatable bonds is 4. The molecule has 0 aliphatic carbocycles. The van der Waals surface area contributed by atoms with Crippen molar-refractivity contribution in [1.29, 1.82) is 0 Å². The Bertz CT molecular complexity index is 1010. The molecule has 2 heterocycles. The van der Waals surface area contributed by atoms with Crippen LogP contribution >= 0.6 is 0 Å². The molecule has 5 nitrogen and oxygen atoms in total. The van der Waals surface area contributed by atoms with Gasteiger partial charge < -0.3 is 10.2 Å². The fourth-order valence-electron chi connectivity index (χ4n) is 4.00. The number of hydrogen-bond acceptors (Lipinski definition) is 3. The van der Waals surface area contributed by atoms with Crippen molar-refractivity contribution in [2.24, 2.45) is 0 Å². The van der Waals surface area contributed by atoms with Crippen LogP contribution in [0.5, 0.6) is 0 Å². The molecule has 1 aliphatic rings. The number of carbonyl (C=O) groups is 1. The van der Waals surface area contributed by atoms with Crippen LogP contribution in [0.3, 0.4) is 0 Å². The number of nitrogens with one attached hydrogen (secondary N) is 1. The van der Waals surface area contributed by atoms with Gasteiger partial charge in [-0.05, 0) is 51.5 Å². The number of para-hydroxylation sites is 2. The SMILES string of the molecule is CC[C@H](C)N1C(=O)c2ccccc2N[C@@H]1c1c(C)nn(-c2ccccc2)c1C. The molecule has 1 amide bonds. The highest BCUT2D eigenvalue weighted by Crippen LogP contribution is 2.37. The van der Waals surface area contributed by atoms with Crippen molar-refractivity contribution >= 4 is 11.6 Å². The van der Waals surface area contributed by atoms with Gasteiger partial charge in [0.05, 0.1) is 16.9 Å². The number of carbonyl (C=O) groups excluding carboxylic acids is 1. The molecule has 1 N–H and O–H groups in total. The van der Waals surface area contributed by atoms with Gasteiger partial charge in [-0.1, -0.05) is 37.3 Å². The molecule has 5 heteroatoms. The summed E-state index contributed by atoms with van der Waals surface area (Å²) in [5.41, 5.74) is 5.66. The first-order valence-electron chi connectivity index (χ1n) is 9.82. The lowest BCUT2D eigenvalue weighted by Gasteiger charge is -2.41. The number of aromatic nitrogens is 2. The first-order chi connectivity index (χ1) is 13.5. The third-order valence-electron chi connectivity index (χ3n) is 5.65. The van der Waals surface area contributed by atoms with E-state index in [1.807, 2.05) is 71.1 Å². The minimum absolute atomic E-state index is 0.0694. The first-order valence-corrected chi connectivity index (χ1v) is 9.82. The van der Waals surface area contributed by atoms with Gasteiger partial charge in [0, 0.05) is 23.0 Å². The van der Waals surface area contributed by atoms with E-state index in [9.17, 15) is 4.79 Å². The quantitative estimate of drug-likeness (QED) is 0.710. The average Bonchev–Trinajstić information content (AvgIpc) is 3.02. The standard InChI is InChI=1S/C23H26N4O/c1-5-15(2)26-22(24-20-14-10-9-13-19(20)23(26)28)21-16(3)25-27(17(21)4)18-11-7-6-8-12-18/h6-15,22,24H,5H2,1-4H3/t15-,22-/m0/s1. The van der Waals surface area contributed by atoms with Gasteiger partial charge in [-0.3, -0.25) is 4.79 Å². The van der Waals surface area contributed by atoms with Crippen molar-refractivity contribution in [2.45, 2.75) is 46.3 Å². The Morgan fingerprint density at radius 1 is 1.07 bits per heavy atom. The molecule has 1 aromatic heterocycles. The molecule has 2 atom stereocenters. The van der Waals surface area contributed by atoms with Crippen LogP contribution in [-0.4, -0.2) is 26.6 Å². The van der Waals surface area contributed by atoms with Crippen molar-refractivity contribution in [2.75, 3.05) is 5.32 Å². The minimum Gasteiger partial charge on any atom is -0.361 e. The molecule has 0 radical (unpaired) electrons. The summed E-state index contributed by atoms with van der Waals surface area (Å²) < 4.78 is 1.96. The van der Waals surface area contributed by atoms with E-state index in [1.54, 1.807) is 0 Å². The van der Waals surface area contributed by atoms with Gasteiger partial charge in [0.1, 0.15) is 6.17 Å². The van der Waals surface area contributed by atoms with Gasteiger partial charge in [0.25, 0.3) is 5.91 Å². The topological polar surface area (TPSA) is 50.2 Å². The Hall–Kier alpha value is -3.08. The maximum absolute atomic E-state index is 13.4. The predicted molar refractivity (Wildman–Crippen MR) is 112 cm³/mol. The third kappa shape index (κ3) is 2.87. The summed E-state index contributed by atoms with van der Waals surface area (Å²) in [6.45, 7) is 8.31. The molecular formula is C23H26N4O. The number of amides is 1. The van der Waals surface area contributed by atoms with Crippen LogP contribution in [0.4, 0.5) is 5.69 Å². The van der Waals surface area contributed by atoms with Gasteiger partial charge in [-0.15, -0.1) is 0 Å². The van der Waals surface area contributed by atoms with Gasteiger partial charge in [0.15, 0.2) is 0 Å². The Kier molecular flexibility index (Phi) is 4.67. The lowest BCUT2D eigenvalue weighted by Crippen LogP contribution is -2.47. The Morgan fingerprint density at radius 3 is 2.46 bits per heavy atom. The molecule has 0 unspecified atom stereocenters. The van der Waals surface area contributed by atoms with Crippen LogP contribution in [0.25, 0.3) is 5.69 Å². The minimum atomic E-state index is -0.241. The lowest BCUT2D eigenvalue weighted by atomic mass is 9.99. The molecule has 0 bridgehead atoms. The summed E-state index contributed by atoms with van der Waals surface area (Å²) in [5, 5.41) is 8.40. The van der Waals surface area contributed by atoms with Crippen LogP contribution in [0.1, 0.15) is 53.7 Å². The third-order valence-corrected chi connectivity index (χ3v) is 5.65. The Balaban J connectivity index is 1.85. The number of fused-ring (bicyclic) bond motifs is 1. The lowest BCUT2D eigenvalue weighted by molar-refractivity contribution is 0.0592. The van der Waals surface area contributed by atoms with Gasteiger partial charge >= 0.3 is 0 Å². The number of hydrogen-bond donors (Lipinski definition) is 1. The highest BCUT2D eigenvalue weighted by Gasteiger charge is 2.38. The predicted octanol–water partition coefficient (Wildman–Crippen LogP) is 4.85. The highest BCUT2D eigenvalue weighted by atomic mass is 16.2. The molecule has 0 spiro atoms. The number of nitrogens with zero attached hydrogens (tertiary/aromatic N) is 3. The van der Waals surface area contributed by atoms with Crippen molar-refractivity contribution < 1.29 is 4.79 Å². The van der Waals surface area contributed by atoms with Crippen LogP contribution < -0.4 is 5.32 Å². The molecule has 2 aromatic carbocycles. The van der Waals surface area contributed by atoms with Crippen LogP contribution in [-0.2, 0) is 0 Å². The van der Waals surface area contributed by atoms with E-state index in [-0.39, 0.29) is 18.1 Å². The second-order valence-electron chi connectivity index (χ2n) is 7.39. The van der Waals surface area contributed by atoms with Crippen LogP contribution in [0, 0.1) is 13.8 Å². The largest absolute Gasteiger partial charge is 0.361 e. The normalized spacial score (nSPS) is 17.2. The summed E-state index contributed by atoms with van der Waals surface area (Å²) >= 11 is 0. The molecule has 0 saturated heterocycles.